The molecule has 2 aromatic carbocycles. The second-order valence-electron chi connectivity index (χ2n) is 7.09. The highest BCUT2D eigenvalue weighted by Gasteiger charge is 2.08. The topological polar surface area (TPSA) is 63.2 Å². The van der Waals surface area contributed by atoms with Gasteiger partial charge in [0.05, 0.1) is 6.10 Å². The van der Waals surface area contributed by atoms with Crippen LogP contribution in [0.4, 0.5) is 11.5 Å². The average molecular weight is 389 g/mol. The highest BCUT2D eigenvalue weighted by Crippen LogP contribution is 2.18. The summed E-state index contributed by atoms with van der Waals surface area (Å²) < 4.78 is 5.62. The Labute approximate surface area is 172 Å². The summed E-state index contributed by atoms with van der Waals surface area (Å²) in [5.74, 6) is 1.31. The van der Waals surface area contributed by atoms with Gasteiger partial charge in [-0.2, -0.15) is 0 Å². The molecule has 0 saturated carbocycles. The van der Waals surface area contributed by atoms with Gasteiger partial charge >= 0.3 is 0 Å². The zero-order valence-corrected chi connectivity index (χ0v) is 16.9. The molecule has 0 radical (unpaired) electrons. The van der Waals surface area contributed by atoms with Crippen LogP contribution in [0.3, 0.4) is 0 Å². The number of pyridine rings is 1. The van der Waals surface area contributed by atoms with Crippen molar-refractivity contribution in [3.8, 4) is 5.75 Å². The molecule has 150 valence electrons. The molecule has 3 rings (SSSR count). The summed E-state index contributed by atoms with van der Waals surface area (Å²) in [7, 11) is 0. The number of carbonyl (C=O) groups excluding carboxylic acids is 1. The lowest BCUT2D eigenvalue weighted by Crippen LogP contribution is -2.13. The first kappa shape index (κ1) is 20.4. The van der Waals surface area contributed by atoms with E-state index in [4.69, 9.17) is 4.74 Å². The van der Waals surface area contributed by atoms with Gasteiger partial charge in [0.15, 0.2) is 0 Å². The number of nitrogens with one attached hydrogen (secondary N) is 2. The summed E-state index contributed by atoms with van der Waals surface area (Å²) in [6.07, 6.45) is 3.76. The fourth-order valence-electron chi connectivity index (χ4n) is 2.91. The first-order valence-corrected chi connectivity index (χ1v) is 9.92. The third kappa shape index (κ3) is 6.64. The quantitative estimate of drug-likeness (QED) is 0.496. The smallest absolute Gasteiger partial charge is 0.255 e. The van der Waals surface area contributed by atoms with E-state index in [0.29, 0.717) is 11.4 Å². The molecule has 0 atom stereocenters. The molecule has 2 N–H and O–H groups in total. The molecule has 5 nitrogen and oxygen atoms in total. The minimum atomic E-state index is -0.169. The van der Waals surface area contributed by atoms with Crippen LogP contribution in [0.5, 0.6) is 5.75 Å². The van der Waals surface area contributed by atoms with E-state index in [1.54, 1.807) is 18.3 Å². The Morgan fingerprint density at radius 1 is 1.03 bits per heavy atom. The third-order valence-corrected chi connectivity index (χ3v) is 4.30. The van der Waals surface area contributed by atoms with Crippen molar-refractivity contribution in [2.24, 2.45) is 0 Å². The Balaban J connectivity index is 1.51. The summed E-state index contributed by atoms with van der Waals surface area (Å²) in [5, 5.41) is 6.20. The van der Waals surface area contributed by atoms with Crippen molar-refractivity contribution in [2.75, 3.05) is 17.2 Å². The van der Waals surface area contributed by atoms with Gasteiger partial charge in [-0.15, -0.1) is 0 Å². The predicted molar refractivity (Wildman–Crippen MR) is 118 cm³/mol. The first-order valence-electron chi connectivity index (χ1n) is 9.92. The molecule has 29 heavy (non-hydrogen) atoms. The van der Waals surface area contributed by atoms with E-state index in [-0.39, 0.29) is 12.0 Å². The average Bonchev–Trinajstić information content (AvgIpc) is 2.73. The summed E-state index contributed by atoms with van der Waals surface area (Å²) in [4.78, 5) is 16.9. The van der Waals surface area contributed by atoms with E-state index >= 15 is 0 Å². The zero-order chi connectivity index (χ0) is 20.5. The number of nitrogens with zero attached hydrogens (tertiary/aromatic N) is 1. The number of ether oxygens (including phenoxy) is 1. The molecule has 0 aliphatic heterocycles. The molecule has 0 saturated heterocycles. The molecule has 0 spiro atoms. The number of anilines is 2. The fourth-order valence-corrected chi connectivity index (χ4v) is 2.91. The van der Waals surface area contributed by atoms with E-state index in [1.807, 2.05) is 44.2 Å². The number of amides is 1. The molecule has 0 fully saturated rings. The van der Waals surface area contributed by atoms with Crippen LogP contribution in [0, 0.1) is 0 Å². The number of benzene rings is 2. The van der Waals surface area contributed by atoms with Gasteiger partial charge in [0.1, 0.15) is 11.6 Å². The molecule has 1 amide bonds. The van der Waals surface area contributed by atoms with Crippen LogP contribution >= 0.6 is 0 Å². The molecular weight excluding hydrogens is 362 g/mol. The van der Waals surface area contributed by atoms with E-state index in [2.05, 4.69) is 39.9 Å². The molecular formula is C24H27N3O2. The number of aryl methyl sites for hydroxylation is 1. The molecule has 5 heteroatoms. The first-order chi connectivity index (χ1) is 14.1. The highest BCUT2D eigenvalue weighted by molar-refractivity contribution is 6.04. The van der Waals surface area contributed by atoms with Crippen LogP contribution in [-0.4, -0.2) is 23.5 Å². The molecule has 0 unspecified atom stereocenters. The number of rotatable bonds is 9. The second kappa shape index (κ2) is 10.3. The molecule has 0 aliphatic carbocycles. The van der Waals surface area contributed by atoms with Crippen molar-refractivity contribution >= 4 is 17.4 Å². The van der Waals surface area contributed by atoms with Crippen molar-refractivity contribution in [3.05, 3.63) is 84.1 Å². The molecule has 1 heterocycles. The van der Waals surface area contributed by atoms with E-state index in [1.165, 1.54) is 5.56 Å². The minimum Gasteiger partial charge on any atom is -0.491 e. The zero-order valence-electron chi connectivity index (χ0n) is 16.9. The molecule has 0 aliphatic rings. The van der Waals surface area contributed by atoms with Crippen LogP contribution in [0.1, 0.15) is 36.2 Å². The van der Waals surface area contributed by atoms with Crippen molar-refractivity contribution in [2.45, 2.75) is 32.8 Å². The van der Waals surface area contributed by atoms with Crippen molar-refractivity contribution in [3.63, 3.8) is 0 Å². The maximum absolute atomic E-state index is 12.5. The van der Waals surface area contributed by atoms with Crippen molar-refractivity contribution < 1.29 is 9.53 Å². The summed E-state index contributed by atoms with van der Waals surface area (Å²) >= 11 is 0. The third-order valence-electron chi connectivity index (χ3n) is 4.30. The SMILES string of the molecule is CC(C)Oc1ccc(NC(=O)c2ccnc(NCCCc3ccccc3)c2)cc1. The Hall–Kier alpha value is -3.34. The standard InChI is InChI=1S/C24H27N3O2/c1-18(2)29-22-12-10-21(11-13-22)27-24(28)20-14-16-26-23(17-20)25-15-6-9-19-7-4-3-5-8-19/h3-5,7-8,10-14,16-18H,6,9,15H2,1-2H3,(H,25,26)(H,27,28). The van der Waals surface area contributed by atoms with E-state index in [9.17, 15) is 4.79 Å². The van der Waals surface area contributed by atoms with Gasteiger partial charge in [0.25, 0.3) is 5.91 Å². The van der Waals surface area contributed by atoms with Gasteiger partial charge in [-0.05, 0) is 68.7 Å². The maximum Gasteiger partial charge on any atom is 0.255 e. The van der Waals surface area contributed by atoms with Crippen molar-refractivity contribution in [1.29, 1.82) is 0 Å². The minimum absolute atomic E-state index is 0.117. The van der Waals surface area contributed by atoms with E-state index < -0.39 is 0 Å². The summed E-state index contributed by atoms with van der Waals surface area (Å²) in [6, 6.07) is 21.2. The summed E-state index contributed by atoms with van der Waals surface area (Å²) in [6.45, 7) is 4.75. The second-order valence-corrected chi connectivity index (χ2v) is 7.09. The summed E-state index contributed by atoms with van der Waals surface area (Å²) in [5.41, 5.74) is 2.61. The van der Waals surface area contributed by atoms with Gasteiger partial charge in [0, 0.05) is 24.0 Å². The fraction of sp³-hybridized carbons (Fsp3) is 0.250. The number of carbonyl (C=O) groups is 1. The molecule has 3 aromatic rings. The predicted octanol–water partition coefficient (Wildman–Crippen LogP) is 5.17. The molecule has 1 aromatic heterocycles. The lowest BCUT2D eigenvalue weighted by Gasteiger charge is -2.11. The van der Waals surface area contributed by atoms with Crippen LogP contribution in [0.2, 0.25) is 0 Å². The van der Waals surface area contributed by atoms with Crippen LogP contribution in [-0.2, 0) is 6.42 Å². The lowest BCUT2D eigenvalue weighted by atomic mass is 10.1. The van der Waals surface area contributed by atoms with Gasteiger partial charge < -0.3 is 15.4 Å². The monoisotopic (exact) mass is 389 g/mol. The van der Waals surface area contributed by atoms with Crippen molar-refractivity contribution in [1.82, 2.24) is 4.98 Å². The Morgan fingerprint density at radius 3 is 2.52 bits per heavy atom. The lowest BCUT2D eigenvalue weighted by molar-refractivity contribution is 0.102. The number of hydrogen-bond acceptors (Lipinski definition) is 4. The Kier molecular flexibility index (Phi) is 7.22. The van der Waals surface area contributed by atoms with Crippen LogP contribution in [0.15, 0.2) is 72.9 Å². The van der Waals surface area contributed by atoms with Gasteiger partial charge in [-0.1, -0.05) is 30.3 Å². The molecule has 0 bridgehead atoms. The largest absolute Gasteiger partial charge is 0.491 e. The van der Waals surface area contributed by atoms with Gasteiger partial charge in [-0.3, -0.25) is 4.79 Å². The van der Waals surface area contributed by atoms with Crippen LogP contribution in [0.25, 0.3) is 0 Å². The Bertz CT molecular complexity index is 909. The maximum atomic E-state index is 12.5. The van der Waals surface area contributed by atoms with Gasteiger partial charge in [0.2, 0.25) is 0 Å². The normalized spacial score (nSPS) is 10.6. The van der Waals surface area contributed by atoms with E-state index in [0.717, 1.165) is 30.8 Å². The number of aromatic nitrogens is 1. The van der Waals surface area contributed by atoms with Crippen LogP contribution < -0.4 is 15.4 Å². The Morgan fingerprint density at radius 2 is 1.79 bits per heavy atom. The number of hydrogen-bond donors (Lipinski definition) is 2. The highest BCUT2D eigenvalue weighted by atomic mass is 16.5. The van der Waals surface area contributed by atoms with Gasteiger partial charge in [-0.25, -0.2) is 4.98 Å².